The van der Waals surface area contributed by atoms with Gasteiger partial charge < -0.3 is 9.80 Å². The highest BCUT2D eigenvalue weighted by molar-refractivity contribution is 7.71. The number of rotatable bonds is 4. The molecule has 2 rings (SSSR count). The first-order valence-electron chi connectivity index (χ1n) is 6.77. The van der Waals surface area contributed by atoms with Crippen molar-refractivity contribution in [1.82, 2.24) is 19.7 Å². The van der Waals surface area contributed by atoms with Gasteiger partial charge in [-0.1, -0.05) is 6.92 Å². The zero-order chi connectivity index (χ0) is 13.1. The number of anilines is 1. The van der Waals surface area contributed by atoms with Gasteiger partial charge in [-0.05, 0) is 38.5 Å². The molecular weight excluding hydrogens is 246 g/mol. The molecule has 0 amide bonds. The van der Waals surface area contributed by atoms with Crippen molar-refractivity contribution in [3.05, 3.63) is 4.77 Å². The Morgan fingerprint density at radius 3 is 2.56 bits per heavy atom. The number of hydrogen-bond acceptors (Lipinski definition) is 4. The molecule has 0 saturated carbocycles. The number of H-pyrrole nitrogens is 1. The Bertz CT molecular complexity index is 430. The minimum absolute atomic E-state index is 0.573. The fourth-order valence-corrected chi connectivity index (χ4v) is 2.91. The summed E-state index contributed by atoms with van der Waals surface area (Å²) in [6.45, 7) is 8.72. The van der Waals surface area contributed by atoms with Gasteiger partial charge in [0.1, 0.15) is 0 Å². The second kappa shape index (κ2) is 5.84. The zero-order valence-electron chi connectivity index (χ0n) is 11.5. The summed E-state index contributed by atoms with van der Waals surface area (Å²) in [5, 5.41) is 7.25. The second-order valence-corrected chi connectivity index (χ2v) is 5.24. The van der Waals surface area contributed by atoms with E-state index in [-0.39, 0.29) is 0 Å². The minimum atomic E-state index is 0.573. The van der Waals surface area contributed by atoms with Crippen molar-refractivity contribution < 1.29 is 0 Å². The lowest BCUT2D eigenvalue weighted by atomic mass is 10.0. The maximum atomic E-state index is 5.24. The molecule has 5 nitrogen and oxygen atoms in total. The quantitative estimate of drug-likeness (QED) is 0.847. The van der Waals surface area contributed by atoms with Crippen LogP contribution in [0.2, 0.25) is 0 Å². The van der Waals surface area contributed by atoms with Crippen LogP contribution < -0.4 is 4.90 Å². The molecule has 2 heterocycles. The summed E-state index contributed by atoms with van der Waals surface area (Å²) >= 11 is 5.24. The molecule has 1 aliphatic rings. The molecule has 1 aromatic rings. The summed E-state index contributed by atoms with van der Waals surface area (Å²) in [6.07, 6.45) is 2.40. The van der Waals surface area contributed by atoms with Crippen molar-refractivity contribution in [2.24, 2.45) is 0 Å². The van der Waals surface area contributed by atoms with Gasteiger partial charge in [0.15, 0.2) is 4.77 Å². The first kappa shape index (κ1) is 13.5. The summed E-state index contributed by atoms with van der Waals surface area (Å²) in [6, 6.07) is 0.573. The Morgan fingerprint density at radius 1 is 1.33 bits per heavy atom. The Morgan fingerprint density at radius 2 is 2.00 bits per heavy atom. The van der Waals surface area contributed by atoms with Crippen molar-refractivity contribution >= 4 is 18.2 Å². The third kappa shape index (κ3) is 2.59. The van der Waals surface area contributed by atoms with Gasteiger partial charge in [0, 0.05) is 32.7 Å². The van der Waals surface area contributed by atoms with Crippen LogP contribution in [0.15, 0.2) is 0 Å². The highest BCUT2D eigenvalue weighted by Gasteiger charge is 2.24. The summed E-state index contributed by atoms with van der Waals surface area (Å²) in [5.74, 6) is 0.970. The normalized spacial score (nSPS) is 18.2. The fourth-order valence-electron chi connectivity index (χ4n) is 2.65. The molecule has 1 fully saturated rings. The smallest absolute Gasteiger partial charge is 0.225 e. The van der Waals surface area contributed by atoms with Gasteiger partial charge in [0.2, 0.25) is 5.95 Å². The van der Waals surface area contributed by atoms with Crippen molar-refractivity contribution in [3.63, 3.8) is 0 Å². The molecule has 0 bridgehead atoms. The molecular formula is C12H23N5S. The lowest BCUT2D eigenvalue weighted by molar-refractivity contribution is 0.220. The van der Waals surface area contributed by atoms with Gasteiger partial charge in [0.25, 0.3) is 0 Å². The van der Waals surface area contributed by atoms with E-state index < -0.39 is 0 Å². The average molecular weight is 269 g/mol. The fraction of sp³-hybridized carbons (Fsp3) is 0.833. The average Bonchev–Trinajstić information content (AvgIpc) is 2.79. The first-order chi connectivity index (χ1) is 8.67. The Balaban J connectivity index is 2.07. The maximum Gasteiger partial charge on any atom is 0.225 e. The van der Waals surface area contributed by atoms with Crippen LogP contribution in [0.25, 0.3) is 0 Å². The summed E-state index contributed by atoms with van der Waals surface area (Å²) < 4.78 is 2.77. The third-order valence-corrected chi connectivity index (χ3v) is 4.23. The Hall–Kier alpha value is -0.880. The maximum absolute atomic E-state index is 5.24. The zero-order valence-corrected chi connectivity index (χ0v) is 12.3. The standard InChI is InChI=1S/C12H23N5S/c1-4-16-8-6-10(7-9-16)15(3)11-13-14-12(18)17(11)5-2/h10H,4-9H2,1-3H3,(H,14,18). The molecule has 1 aliphatic heterocycles. The SMILES string of the molecule is CCN1CCC(N(C)c2n[nH]c(=S)n2CC)CC1. The number of aromatic nitrogens is 3. The molecule has 0 aliphatic carbocycles. The monoisotopic (exact) mass is 269 g/mol. The molecule has 0 spiro atoms. The van der Waals surface area contributed by atoms with Crippen LogP contribution >= 0.6 is 12.2 Å². The molecule has 6 heteroatoms. The van der Waals surface area contributed by atoms with Crippen molar-refractivity contribution in [2.45, 2.75) is 39.3 Å². The highest BCUT2D eigenvalue weighted by Crippen LogP contribution is 2.20. The number of aromatic amines is 1. The van der Waals surface area contributed by atoms with Crippen LogP contribution in [0.5, 0.6) is 0 Å². The Labute approximate surface area is 114 Å². The van der Waals surface area contributed by atoms with Crippen LogP contribution in [-0.4, -0.2) is 52.4 Å². The van der Waals surface area contributed by atoms with E-state index in [4.69, 9.17) is 12.2 Å². The van der Waals surface area contributed by atoms with E-state index in [2.05, 4.69) is 45.5 Å². The lowest BCUT2D eigenvalue weighted by Crippen LogP contribution is -2.44. The van der Waals surface area contributed by atoms with Crippen molar-refractivity contribution in [1.29, 1.82) is 0 Å². The van der Waals surface area contributed by atoms with Crippen LogP contribution in [-0.2, 0) is 6.54 Å². The largest absolute Gasteiger partial charge is 0.341 e. The first-order valence-corrected chi connectivity index (χ1v) is 7.18. The third-order valence-electron chi connectivity index (χ3n) is 3.92. The van der Waals surface area contributed by atoms with E-state index in [0.29, 0.717) is 10.8 Å². The van der Waals surface area contributed by atoms with Crippen molar-refractivity contribution in [3.8, 4) is 0 Å². The van der Waals surface area contributed by atoms with Crippen molar-refractivity contribution in [2.75, 3.05) is 31.6 Å². The molecule has 0 radical (unpaired) electrons. The van der Waals surface area contributed by atoms with E-state index in [9.17, 15) is 0 Å². The molecule has 1 N–H and O–H groups in total. The minimum Gasteiger partial charge on any atom is -0.341 e. The van der Waals surface area contributed by atoms with Gasteiger partial charge in [-0.25, -0.2) is 5.10 Å². The molecule has 0 unspecified atom stereocenters. The van der Waals surface area contributed by atoms with Gasteiger partial charge in [-0.15, -0.1) is 5.10 Å². The summed E-state index contributed by atoms with van der Waals surface area (Å²) in [5.41, 5.74) is 0. The van der Waals surface area contributed by atoms with E-state index in [1.807, 2.05) is 0 Å². The van der Waals surface area contributed by atoms with E-state index in [1.165, 1.54) is 25.9 Å². The Kier molecular flexibility index (Phi) is 4.40. The van der Waals surface area contributed by atoms with Gasteiger partial charge in [-0.3, -0.25) is 4.57 Å². The topological polar surface area (TPSA) is 40.1 Å². The van der Waals surface area contributed by atoms with E-state index >= 15 is 0 Å². The van der Waals surface area contributed by atoms with E-state index in [1.54, 1.807) is 0 Å². The molecule has 18 heavy (non-hydrogen) atoms. The molecule has 0 atom stereocenters. The van der Waals surface area contributed by atoms with Crippen LogP contribution in [0.4, 0.5) is 5.95 Å². The van der Waals surface area contributed by atoms with Crippen LogP contribution in [0, 0.1) is 4.77 Å². The number of nitrogens with one attached hydrogen (secondary N) is 1. The number of nitrogens with zero attached hydrogens (tertiary/aromatic N) is 4. The molecule has 1 aromatic heterocycles. The van der Waals surface area contributed by atoms with Crippen LogP contribution in [0.3, 0.4) is 0 Å². The highest BCUT2D eigenvalue weighted by atomic mass is 32.1. The number of hydrogen-bond donors (Lipinski definition) is 1. The number of piperidine rings is 1. The molecule has 1 saturated heterocycles. The summed E-state index contributed by atoms with van der Waals surface area (Å²) in [7, 11) is 2.13. The number of likely N-dealkylation sites (tertiary alicyclic amines) is 1. The summed E-state index contributed by atoms with van der Waals surface area (Å²) in [4.78, 5) is 4.78. The second-order valence-electron chi connectivity index (χ2n) is 4.85. The van der Waals surface area contributed by atoms with Gasteiger partial charge in [-0.2, -0.15) is 0 Å². The predicted octanol–water partition coefficient (Wildman–Crippen LogP) is 1.88. The van der Waals surface area contributed by atoms with Gasteiger partial charge >= 0.3 is 0 Å². The lowest BCUT2D eigenvalue weighted by Gasteiger charge is -2.36. The molecule has 102 valence electrons. The van der Waals surface area contributed by atoms with Gasteiger partial charge in [0.05, 0.1) is 0 Å². The van der Waals surface area contributed by atoms with E-state index in [0.717, 1.165) is 19.0 Å². The predicted molar refractivity (Wildman–Crippen MR) is 76.6 cm³/mol. The molecule has 0 aromatic carbocycles. The van der Waals surface area contributed by atoms with Crippen LogP contribution in [0.1, 0.15) is 26.7 Å².